The van der Waals surface area contributed by atoms with Crippen molar-refractivity contribution in [2.75, 3.05) is 18.4 Å². The molecule has 2 aromatic carbocycles. The Morgan fingerprint density at radius 1 is 1.03 bits per heavy atom. The number of imidazole rings is 1. The number of amides is 1. The van der Waals surface area contributed by atoms with E-state index in [1.807, 2.05) is 24.3 Å². The Labute approximate surface area is 170 Å². The van der Waals surface area contributed by atoms with Crippen molar-refractivity contribution in [2.24, 2.45) is 0 Å². The van der Waals surface area contributed by atoms with E-state index in [0.29, 0.717) is 30.4 Å². The van der Waals surface area contributed by atoms with Gasteiger partial charge in [-0.2, -0.15) is 4.31 Å². The quantitative estimate of drug-likeness (QED) is 0.649. The van der Waals surface area contributed by atoms with E-state index < -0.39 is 10.0 Å². The molecular formula is C21H24N4O3S. The van der Waals surface area contributed by atoms with Crippen LogP contribution in [0.15, 0.2) is 53.4 Å². The van der Waals surface area contributed by atoms with Crippen LogP contribution in [0.1, 0.15) is 31.2 Å². The lowest BCUT2D eigenvalue weighted by molar-refractivity contribution is -0.116. The maximum Gasteiger partial charge on any atom is 0.243 e. The first-order valence-corrected chi connectivity index (χ1v) is 11.3. The molecule has 1 aliphatic rings. The number of nitrogens with zero attached hydrogens (tertiary/aromatic N) is 2. The van der Waals surface area contributed by atoms with Crippen LogP contribution in [0.5, 0.6) is 0 Å². The van der Waals surface area contributed by atoms with E-state index in [1.54, 1.807) is 28.6 Å². The molecule has 3 aromatic rings. The first kappa shape index (κ1) is 19.6. The van der Waals surface area contributed by atoms with Gasteiger partial charge in [0, 0.05) is 19.5 Å². The minimum absolute atomic E-state index is 0.144. The van der Waals surface area contributed by atoms with E-state index in [1.165, 1.54) is 0 Å². The zero-order valence-corrected chi connectivity index (χ0v) is 16.9. The Morgan fingerprint density at radius 3 is 2.48 bits per heavy atom. The number of nitrogens with one attached hydrogen (secondary N) is 2. The number of rotatable bonds is 6. The topological polar surface area (TPSA) is 95.2 Å². The van der Waals surface area contributed by atoms with Gasteiger partial charge in [0.2, 0.25) is 21.9 Å². The highest BCUT2D eigenvalue weighted by atomic mass is 32.2. The molecule has 0 atom stereocenters. The number of aromatic amines is 1. The van der Waals surface area contributed by atoms with Crippen LogP contribution >= 0.6 is 0 Å². The molecule has 1 aromatic heterocycles. The molecular weight excluding hydrogens is 388 g/mol. The molecule has 2 N–H and O–H groups in total. The average molecular weight is 413 g/mol. The zero-order valence-electron chi connectivity index (χ0n) is 16.1. The van der Waals surface area contributed by atoms with E-state index in [-0.39, 0.29) is 12.3 Å². The van der Waals surface area contributed by atoms with Gasteiger partial charge in [0.05, 0.1) is 15.9 Å². The monoisotopic (exact) mass is 412 g/mol. The van der Waals surface area contributed by atoms with Gasteiger partial charge in [0.25, 0.3) is 0 Å². The number of aryl methyl sites for hydroxylation is 1. The second-order valence-corrected chi connectivity index (χ2v) is 9.20. The molecule has 1 aliphatic heterocycles. The van der Waals surface area contributed by atoms with Crippen LogP contribution in [0.25, 0.3) is 11.0 Å². The molecule has 1 fully saturated rings. The summed E-state index contributed by atoms with van der Waals surface area (Å²) in [7, 11) is -3.42. The highest BCUT2D eigenvalue weighted by Gasteiger charge is 2.25. The van der Waals surface area contributed by atoms with E-state index in [4.69, 9.17) is 0 Å². The van der Waals surface area contributed by atoms with Crippen molar-refractivity contribution in [3.8, 4) is 0 Å². The second kappa shape index (κ2) is 8.34. The standard InChI is InChI=1S/C21H24N4O3S/c26-20(24-21-22-18-6-2-3-7-19(18)23-21)13-10-16-8-11-17(12-9-16)29(27,28)25-14-4-1-5-15-25/h2-3,6-9,11-12H,1,4-5,10,13-15H2,(H2,22,23,24,26). The lowest BCUT2D eigenvalue weighted by Gasteiger charge is -2.25. The van der Waals surface area contributed by atoms with Crippen LogP contribution in [0, 0.1) is 0 Å². The molecule has 7 nitrogen and oxygen atoms in total. The number of hydrogen-bond acceptors (Lipinski definition) is 4. The Hall–Kier alpha value is -2.71. The number of carbonyl (C=O) groups is 1. The Morgan fingerprint density at radius 2 is 1.76 bits per heavy atom. The summed E-state index contributed by atoms with van der Waals surface area (Å²) in [6.07, 6.45) is 3.72. The van der Waals surface area contributed by atoms with Crippen molar-refractivity contribution in [2.45, 2.75) is 37.0 Å². The van der Waals surface area contributed by atoms with Gasteiger partial charge in [-0.15, -0.1) is 0 Å². The summed E-state index contributed by atoms with van der Waals surface area (Å²) in [5, 5.41) is 2.77. The fraction of sp³-hybridized carbons (Fsp3) is 0.333. The molecule has 29 heavy (non-hydrogen) atoms. The average Bonchev–Trinajstić information content (AvgIpc) is 3.15. The first-order chi connectivity index (χ1) is 14.0. The number of carbonyl (C=O) groups excluding carboxylic acids is 1. The molecule has 1 amide bonds. The predicted molar refractivity (Wildman–Crippen MR) is 112 cm³/mol. The molecule has 0 saturated carbocycles. The number of aromatic nitrogens is 2. The van der Waals surface area contributed by atoms with Crippen LogP contribution < -0.4 is 5.32 Å². The summed E-state index contributed by atoms with van der Waals surface area (Å²) >= 11 is 0. The molecule has 0 spiro atoms. The van der Waals surface area contributed by atoms with Crippen molar-refractivity contribution in [3.05, 3.63) is 54.1 Å². The van der Waals surface area contributed by atoms with Crippen LogP contribution in [-0.4, -0.2) is 41.7 Å². The van der Waals surface area contributed by atoms with Gasteiger partial charge in [-0.1, -0.05) is 30.7 Å². The maximum absolute atomic E-state index is 12.7. The third-order valence-corrected chi connectivity index (χ3v) is 7.08. The first-order valence-electron chi connectivity index (χ1n) is 9.86. The Kier molecular flexibility index (Phi) is 5.64. The van der Waals surface area contributed by atoms with Gasteiger partial charge in [-0.3, -0.25) is 10.1 Å². The van der Waals surface area contributed by atoms with Gasteiger partial charge < -0.3 is 4.98 Å². The number of para-hydroxylation sites is 2. The zero-order chi connectivity index (χ0) is 20.3. The van der Waals surface area contributed by atoms with Gasteiger partial charge in [-0.05, 0) is 49.1 Å². The molecule has 0 unspecified atom stereocenters. The summed E-state index contributed by atoms with van der Waals surface area (Å²) in [4.78, 5) is 19.9. The number of sulfonamides is 1. The van der Waals surface area contributed by atoms with Gasteiger partial charge >= 0.3 is 0 Å². The van der Waals surface area contributed by atoms with Gasteiger partial charge in [-0.25, -0.2) is 13.4 Å². The summed E-state index contributed by atoms with van der Waals surface area (Å²) in [5.74, 6) is 0.285. The molecule has 0 bridgehead atoms. The number of piperidine rings is 1. The number of benzene rings is 2. The van der Waals surface area contributed by atoms with Crippen LogP contribution in [0.3, 0.4) is 0 Å². The lowest BCUT2D eigenvalue weighted by Crippen LogP contribution is -2.35. The molecule has 0 radical (unpaired) electrons. The highest BCUT2D eigenvalue weighted by molar-refractivity contribution is 7.89. The molecule has 2 heterocycles. The summed E-state index contributed by atoms with van der Waals surface area (Å²) in [5.41, 5.74) is 2.59. The molecule has 4 rings (SSSR count). The fourth-order valence-electron chi connectivity index (χ4n) is 3.55. The number of hydrogen-bond donors (Lipinski definition) is 2. The van der Waals surface area contributed by atoms with Gasteiger partial charge in [0.1, 0.15) is 0 Å². The van der Waals surface area contributed by atoms with Gasteiger partial charge in [0.15, 0.2) is 0 Å². The van der Waals surface area contributed by atoms with E-state index in [0.717, 1.165) is 35.9 Å². The summed E-state index contributed by atoms with van der Waals surface area (Å²) in [6, 6.07) is 14.4. The van der Waals surface area contributed by atoms with E-state index in [2.05, 4.69) is 15.3 Å². The third-order valence-electron chi connectivity index (χ3n) is 5.16. The smallest absolute Gasteiger partial charge is 0.243 e. The highest BCUT2D eigenvalue weighted by Crippen LogP contribution is 2.21. The fourth-order valence-corrected chi connectivity index (χ4v) is 5.06. The van der Waals surface area contributed by atoms with Crippen LogP contribution in [-0.2, 0) is 21.2 Å². The largest absolute Gasteiger partial charge is 0.324 e. The Balaban J connectivity index is 1.34. The summed E-state index contributed by atoms with van der Waals surface area (Å²) in [6.45, 7) is 1.18. The van der Waals surface area contributed by atoms with Crippen molar-refractivity contribution in [1.82, 2.24) is 14.3 Å². The minimum Gasteiger partial charge on any atom is -0.324 e. The second-order valence-electron chi connectivity index (χ2n) is 7.26. The third kappa shape index (κ3) is 4.49. The van der Waals surface area contributed by atoms with Crippen molar-refractivity contribution < 1.29 is 13.2 Å². The van der Waals surface area contributed by atoms with Crippen LogP contribution in [0.4, 0.5) is 5.95 Å². The van der Waals surface area contributed by atoms with E-state index in [9.17, 15) is 13.2 Å². The predicted octanol–water partition coefficient (Wildman–Crippen LogP) is 3.31. The maximum atomic E-state index is 12.7. The normalized spacial score (nSPS) is 15.4. The molecule has 8 heteroatoms. The molecule has 152 valence electrons. The number of anilines is 1. The summed E-state index contributed by atoms with van der Waals surface area (Å²) < 4.78 is 26.9. The Bertz CT molecular complexity index is 1070. The van der Waals surface area contributed by atoms with Crippen LogP contribution in [0.2, 0.25) is 0 Å². The minimum atomic E-state index is -3.42. The van der Waals surface area contributed by atoms with E-state index >= 15 is 0 Å². The number of H-pyrrole nitrogens is 1. The molecule has 0 aliphatic carbocycles. The van der Waals surface area contributed by atoms with Crippen molar-refractivity contribution in [1.29, 1.82) is 0 Å². The number of fused-ring (bicyclic) bond motifs is 1. The molecule has 1 saturated heterocycles. The van der Waals surface area contributed by atoms with Crippen molar-refractivity contribution >= 4 is 32.9 Å². The van der Waals surface area contributed by atoms with Crippen molar-refractivity contribution in [3.63, 3.8) is 0 Å². The SMILES string of the molecule is O=C(CCc1ccc(S(=O)(=O)N2CCCCC2)cc1)Nc1nc2ccccc2[nH]1. The lowest BCUT2D eigenvalue weighted by atomic mass is 10.1.